The van der Waals surface area contributed by atoms with Crippen molar-refractivity contribution in [3.63, 3.8) is 0 Å². The molecule has 0 aliphatic carbocycles. The van der Waals surface area contributed by atoms with Crippen LogP contribution in [-0.2, 0) is 0 Å². The van der Waals surface area contributed by atoms with E-state index in [4.69, 9.17) is 5.73 Å². The third-order valence-electron chi connectivity index (χ3n) is 2.90. The van der Waals surface area contributed by atoms with E-state index in [1.165, 1.54) is 6.07 Å². The summed E-state index contributed by atoms with van der Waals surface area (Å²) in [5, 5.41) is 9.43. The van der Waals surface area contributed by atoms with Crippen molar-refractivity contribution in [1.29, 1.82) is 0 Å². The quantitative estimate of drug-likeness (QED) is 0.572. The standard InChI is InChI=1S/C11H14F2N2O/c12-11(13)4-6-15(7-5-11)8-2-1-3-9(16)10(8)14/h1-3,16H,4-7,14H2. The largest absolute Gasteiger partial charge is 0.506 e. The van der Waals surface area contributed by atoms with Gasteiger partial charge in [-0.05, 0) is 12.1 Å². The molecule has 0 bridgehead atoms. The molecule has 3 N–H and O–H groups in total. The first-order valence-electron chi connectivity index (χ1n) is 5.20. The van der Waals surface area contributed by atoms with Crippen LogP contribution in [0.15, 0.2) is 18.2 Å². The van der Waals surface area contributed by atoms with Gasteiger partial charge in [-0.2, -0.15) is 0 Å². The molecule has 1 aliphatic rings. The third kappa shape index (κ3) is 2.03. The van der Waals surface area contributed by atoms with Crippen molar-refractivity contribution in [2.45, 2.75) is 18.8 Å². The predicted octanol–water partition coefficient (Wildman–Crippen LogP) is 2.21. The van der Waals surface area contributed by atoms with Crippen LogP contribution in [0, 0.1) is 0 Å². The summed E-state index contributed by atoms with van der Waals surface area (Å²) < 4.78 is 25.9. The van der Waals surface area contributed by atoms with E-state index in [9.17, 15) is 13.9 Å². The number of aromatic hydroxyl groups is 1. The number of hydrogen-bond donors (Lipinski definition) is 2. The lowest BCUT2D eigenvalue weighted by atomic mass is 10.1. The molecule has 5 heteroatoms. The van der Waals surface area contributed by atoms with Crippen LogP contribution in [-0.4, -0.2) is 24.1 Å². The van der Waals surface area contributed by atoms with E-state index in [-0.39, 0.29) is 37.4 Å². The van der Waals surface area contributed by atoms with E-state index in [0.29, 0.717) is 5.69 Å². The molecule has 1 saturated heterocycles. The van der Waals surface area contributed by atoms with Crippen molar-refractivity contribution in [2.75, 3.05) is 23.7 Å². The van der Waals surface area contributed by atoms with Crippen molar-refractivity contribution < 1.29 is 13.9 Å². The highest BCUT2D eigenvalue weighted by atomic mass is 19.3. The van der Waals surface area contributed by atoms with E-state index >= 15 is 0 Å². The molecular weight excluding hydrogens is 214 g/mol. The summed E-state index contributed by atoms with van der Waals surface area (Å²) in [5.41, 5.74) is 6.59. The van der Waals surface area contributed by atoms with Gasteiger partial charge < -0.3 is 15.7 Å². The molecule has 2 rings (SSSR count). The molecule has 0 unspecified atom stereocenters. The number of nitrogens with zero attached hydrogens (tertiary/aromatic N) is 1. The molecule has 1 aromatic rings. The SMILES string of the molecule is Nc1c(O)cccc1N1CCC(F)(F)CC1. The lowest BCUT2D eigenvalue weighted by Gasteiger charge is -2.34. The van der Waals surface area contributed by atoms with Crippen LogP contribution in [0.3, 0.4) is 0 Å². The Morgan fingerprint density at radius 1 is 1.25 bits per heavy atom. The summed E-state index contributed by atoms with van der Waals surface area (Å²) in [6.45, 7) is 0.529. The molecule has 0 aromatic heterocycles. The van der Waals surface area contributed by atoms with Crippen LogP contribution in [0.1, 0.15) is 12.8 Å². The first-order valence-corrected chi connectivity index (χ1v) is 5.20. The van der Waals surface area contributed by atoms with Crippen molar-refractivity contribution in [3.8, 4) is 5.75 Å². The Labute approximate surface area is 92.5 Å². The minimum Gasteiger partial charge on any atom is -0.506 e. The third-order valence-corrected chi connectivity index (χ3v) is 2.90. The zero-order valence-electron chi connectivity index (χ0n) is 8.79. The van der Waals surface area contributed by atoms with Crippen molar-refractivity contribution in [1.82, 2.24) is 0 Å². The smallest absolute Gasteiger partial charge is 0.251 e. The lowest BCUT2D eigenvalue weighted by molar-refractivity contribution is -0.0220. The minimum absolute atomic E-state index is 0.00478. The van der Waals surface area contributed by atoms with Crippen LogP contribution in [0.2, 0.25) is 0 Å². The molecule has 0 amide bonds. The van der Waals surface area contributed by atoms with Gasteiger partial charge in [0.2, 0.25) is 0 Å². The molecule has 88 valence electrons. The van der Waals surface area contributed by atoms with E-state index in [1.54, 1.807) is 17.0 Å². The van der Waals surface area contributed by atoms with Crippen LogP contribution in [0.4, 0.5) is 20.2 Å². The molecule has 1 aromatic carbocycles. The number of para-hydroxylation sites is 1. The number of benzene rings is 1. The summed E-state index contributed by atoms with van der Waals surface area (Å²) >= 11 is 0. The predicted molar refractivity (Wildman–Crippen MR) is 58.9 cm³/mol. The first-order chi connectivity index (χ1) is 7.49. The highest BCUT2D eigenvalue weighted by Gasteiger charge is 2.34. The van der Waals surface area contributed by atoms with Crippen LogP contribution in [0.5, 0.6) is 5.75 Å². The van der Waals surface area contributed by atoms with Gasteiger partial charge in [0.1, 0.15) is 5.75 Å². The van der Waals surface area contributed by atoms with Gasteiger partial charge in [-0.3, -0.25) is 0 Å². The van der Waals surface area contributed by atoms with Gasteiger partial charge in [-0.15, -0.1) is 0 Å². The Kier molecular flexibility index (Phi) is 2.61. The second-order valence-corrected chi connectivity index (χ2v) is 4.05. The minimum atomic E-state index is -2.57. The molecule has 1 aliphatic heterocycles. The zero-order valence-corrected chi connectivity index (χ0v) is 8.79. The van der Waals surface area contributed by atoms with Crippen LogP contribution >= 0.6 is 0 Å². The number of phenolic OH excluding ortho intramolecular Hbond substituents is 1. The topological polar surface area (TPSA) is 49.5 Å². The average molecular weight is 228 g/mol. The molecule has 1 heterocycles. The van der Waals surface area contributed by atoms with Gasteiger partial charge in [0.15, 0.2) is 0 Å². The number of nitrogen functional groups attached to an aromatic ring is 1. The maximum absolute atomic E-state index is 13.0. The molecule has 3 nitrogen and oxygen atoms in total. The Morgan fingerprint density at radius 2 is 1.88 bits per heavy atom. The normalized spacial score (nSPS) is 19.8. The van der Waals surface area contributed by atoms with Gasteiger partial charge in [0.25, 0.3) is 5.92 Å². The molecule has 0 spiro atoms. The Bertz CT molecular complexity index is 386. The van der Waals surface area contributed by atoms with E-state index in [0.717, 1.165) is 0 Å². The molecule has 0 atom stereocenters. The van der Waals surface area contributed by atoms with Crippen LogP contribution in [0.25, 0.3) is 0 Å². The lowest BCUT2D eigenvalue weighted by Crippen LogP contribution is -2.39. The Balaban J connectivity index is 2.17. The summed E-state index contributed by atoms with van der Waals surface area (Å²) in [6, 6.07) is 4.88. The van der Waals surface area contributed by atoms with Gasteiger partial charge in [0.05, 0.1) is 11.4 Å². The molecule has 0 radical (unpaired) electrons. The fraction of sp³-hybridized carbons (Fsp3) is 0.455. The number of anilines is 2. The summed E-state index contributed by atoms with van der Waals surface area (Å²) in [5.74, 6) is -2.57. The number of hydrogen-bond acceptors (Lipinski definition) is 3. The second-order valence-electron chi connectivity index (χ2n) is 4.05. The van der Waals surface area contributed by atoms with Gasteiger partial charge >= 0.3 is 0 Å². The fourth-order valence-corrected chi connectivity index (χ4v) is 1.89. The Hall–Kier alpha value is -1.52. The van der Waals surface area contributed by atoms with Gasteiger partial charge in [-0.1, -0.05) is 6.07 Å². The van der Waals surface area contributed by atoms with E-state index in [1.807, 2.05) is 0 Å². The van der Waals surface area contributed by atoms with Crippen LogP contribution < -0.4 is 10.6 Å². The summed E-state index contributed by atoms with van der Waals surface area (Å²) in [7, 11) is 0. The van der Waals surface area contributed by atoms with E-state index in [2.05, 4.69) is 0 Å². The van der Waals surface area contributed by atoms with Crippen molar-refractivity contribution in [2.24, 2.45) is 0 Å². The fourth-order valence-electron chi connectivity index (χ4n) is 1.89. The van der Waals surface area contributed by atoms with Gasteiger partial charge in [0, 0.05) is 25.9 Å². The number of rotatable bonds is 1. The number of nitrogens with two attached hydrogens (primary N) is 1. The first kappa shape index (κ1) is 11.0. The molecule has 1 fully saturated rings. The molecule has 0 saturated carbocycles. The van der Waals surface area contributed by atoms with Crippen molar-refractivity contribution in [3.05, 3.63) is 18.2 Å². The maximum Gasteiger partial charge on any atom is 0.251 e. The maximum atomic E-state index is 13.0. The van der Waals surface area contributed by atoms with E-state index < -0.39 is 5.92 Å². The van der Waals surface area contributed by atoms with Gasteiger partial charge in [-0.25, -0.2) is 8.78 Å². The molecule has 16 heavy (non-hydrogen) atoms. The summed E-state index contributed by atoms with van der Waals surface area (Å²) in [4.78, 5) is 1.78. The van der Waals surface area contributed by atoms with Crippen molar-refractivity contribution >= 4 is 11.4 Å². The molecular formula is C11H14F2N2O. The highest BCUT2D eigenvalue weighted by Crippen LogP contribution is 2.35. The summed E-state index contributed by atoms with van der Waals surface area (Å²) in [6.07, 6.45) is -0.329. The number of alkyl halides is 2. The number of halogens is 2. The monoisotopic (exact) mass is 228 g/mol. The number of piperidine rings is 1. The zero-order chi connectivity index (χ0) is 11.8. The average Bonchev–Trinajstić information content (AvgIpc) is 2.23. The highest BCUT2D eigenvalue weighted by molar-refractivity contribution is 5.73. The second kappa shape index (κ2) is 3.81. The Morgan fingerprint density at radius 3 is 2.50 bits per heavy atom. The number of phenols is 1.